The zero-order valence-electron chi connectivity index (χ0n) is 14.9. The SMILES string of the molecule is CCN(C)Cc1cccc(CNC(=O)NC2CCC(CO)CC2)c1. The number of hydrogen-bond acceptors (Lipinski definition) is 3. The van der Waals surface area contributed by atoms with Gasteiger partial charge in [-0.05, 0) is 56.3 Å². The fraction of sp³-hybridized carbons (Fsp3) is 0.632. The van der Waals surface area contributed by atoms with Gasteiger partial charge in [-0.1, -0.05) is 31.2 Å². The van der Waals surface area contributed by atoms with Gasteiger partial charge >= 0.3 is 6.03 Å². The van der Waals surface area contributed by atoms with E-state index < -0.39 is 0 Å². The van der Waals surface area contributed by atoms with Crippen LogP contribution in [0.25, 0.3) is 0 Å². The number of rotatable bonds is 7. The molecular formula is C19H31N3O2. The Labute approximate surface area is 145 Å². The highest BCUT2D eigenvalue weighted by Gasteiger charge is 2.21. The van der Waals surface area contributed by atoms with E-state index in [-0.39, 0.29) is 18.7 Å². The molecule has 0 atom stereocenters. The standard InChI is InChI=1S/C19H31N3O2/c1-3-22(2)13-17-6-4-5-16(11-17)12-20-19(24)21-18-9-7-15(14-23)8-10-18/h4-6,11,15,18,23H,3,7-10,12-14H2,1-2H3,(H2,20,21,24). The molecule has 0 heterocycles. The maximum absolute atomic E-state index is 12.1. The largest absolute Gasteiger partial charge is 0.396 e. The number of aliphatic hydroxyl groups is 1. The van der Waals surface area contributed by atoms with E-state index in [0.29, 0.717) is 12.5 Å². The van der Waals surface area contributed by atoms with Crippen molar-refractivity contribution in [3.05, 3.63) is 35.4 Å². The van der Waals surface area contributed by atoms with Gasteiger partial charge < -0.3 is 20.6 Å². The van der Waals surface area contributed by atoms with Gasteiger partial charge in [-0.2, -0.15) is 0 Å². The van der Waals surface area contributed by atoms with Crippen LogP contribution in [0.5, 0.6) is 0 Å². The number of aliphatic hydroxyl groups excluding tert-OH is 1. The maximum atomic E-state index is 12.1. The molecule has 1 saturated carbocycles. The molecule has 5 heteroatoms. The summed E-state index contributed by atoms with van der Waals surface area (Å²) < 4.78 is 0. The van der Waals surface area contributed by atoms with Crippen molar-refractivity contribution in [2.45, 2.75) is 51.7 Å². The average molecular weight is 333 g/mol. The number of benzene rings is 1. The summed E-state index contributed by atoms with van der Waals surface area (Å²) in [5.41, 5.74) is 2.39. The van der Waals surface area contributed by atoms with Crippen LogP contribution in [0.4, 0.5) is 4.79 Å². The second kappa shape index (κ2) is 9.64. The van der Waals surface area contributed by atoms with Gasteiger partial charge in [0, 0.05) is 25.7 Å². The van der Waals surface area contributed by atoms with Gasteiger partial charge in [0.1, 0.15) is 0 Å². The molecule has 24 heavy (non-hydrogen) atoms. The van der Waals surface area contributed by atoms with Crippen molar-refractivity contribution in [1.82, 2.24) is 15.5 Å². The zero-order valence-corrected chi connectivity index (χ0v) is 14.9. The van der Waals surface area contributed by atoms with Crippen molar-refractivity contribution in [1.29, 1.82) is 0 Å². The number of amides is 2. The zero-order chi connectivity index (χ0) is 17.4. The summed E-state index contributed by atoms with van der Waals surface area (Å²) >= 11 is 0. The number of nitrogens with zero attached hydrogens (tertiary/aromatic N) is 1. The van der Waals surface area contributed by atoms with Crippen LogP contribution in [0.2, 0.25) is 0 Å². The highest BCUT2D eigenvalue weighted by Crippen LogP contribution is 2.23. The normalized spacial score (nSPS) is 20.8. The Balaban J connectivity index is 1.74. The summed E-state index contributed by atoms with van der Waals surface area (Å²) in [5.74, 6) is 0.412. The lowest BCUT2D eigenvalue weighted by Crippen LogP contribution is -2.43. The van der Waals surface area contributed by atoms with Gasteiger partial charge in [0.2, 0.25) is 0 Å². The molecule has 0 unspecified atom stereocenters. The molecule has 2 rings (SSSR count). The first kappa shape index (κ1) is 18.7. The summed E-state index contributed by atoms with van der Waals surface area (Å²) in [6.45, 7) is 4.89. The van der Waals surface area contributed by atoms with E-state index in [4.69, 9.17) is 5.11 Å². The molecule has 1 aliphatic rings. The predicted molar refractivity (Wildman–Crippen MR) is 96.7 cm³/mol. The Hall–Kier alpha value is -1.59. The van der Waals surface area contributed by atoms with Gasteiger partial charge in [0.05, 0.1) is 0 Å². The molecule has 5 nitrogen and oxygen atoms in total. The molecule has 1 aliphatic carbocycles. The molecule has 2 amide bonds. The molecule has 1 aromatic rings. The Morgan fingerprint density at radius 2 is 1.96 bits per heavy atom. The van der Waals surface area contributed by atoms with Crippen molar-refractivity contribution in [3.8, 4) is 0 Å². The number of carbonyl (C=O) groups excluding carboxylic acids is 1. The van der Waals surface area contributed by atoms with Crippen molar-refractivity contribution in [2.24, 2.45) is 5.92 Å². The minimum atomic E-state index is -0.0986. The topological polar surface area (TPSA) is 64.6 Å². The number of carbonyl (C=O) groups is 1. The van der Waals surface area contributed by atoms with Crippen LogP contribution < -0.4 is 10.6 Å². The second-order valence-electron chi connectivity index (χ2n) is 6.88. The third-order valence-corrected chi connectivity index (χ3v) is 4.88. The molecule has 0 spiro atoms. The first-order valence-corrected chi connectivity index (χ1v) is 9.02. The van der Waals surface area contributed by atoms with Gasteiger partial charge in [0.15, 0.2) is 0 Å². The van der Waals surface area contributed by atoms with Crippen molar-refractivity contribution < 1.29 is 9.90 Å². The Morgan fingerprint density at radius 1 is 1.25 bits per heavy atom. The lowest BCUT2D eigenvalue weighted by atomic mass is 9.87. The van der Waals surface area contributed by atoms with Gasteiger partial charge in [-0.25, -0.2) is 4.79 Å². The first-order chi connectivity index (χ1) is 11.6. The van der Waals surface area contributed by atoms with Crippen LogP contribution in [-0.2, 0) is 13.1 Å². The molecule has 1 fully saturated rings. The van der Waals surface area contributed by atoms with Gasteiger partial charge in [-0.15, -0.1) is 0 Å². The highest BCUT2D eigenvalue weighted by molar-refractivity contribution is 5.74. The highest BCUT2D eigenvalue weighted by atomic mass is 16.3. The van der Waals surface area contributed by atoms with E-state index in [2.05, 4.69) is 41.6 Å². The molecular weight excluding hydrogens is 302 g/mol. The Kier molecular flexibility index (Phi) is 7.53. The fourth-order valence-corrected chi connectivity index (χ4v) is 3.17. The van der Waals surface area contributed by atoms with Crippen LogP contribution in [0.1, 0.15) is 43.7 Å². The molecule has 0 bridgehead atoms. The number of hydrogen-bond donors (Lipinski definition) is 3. The number of urea groups is 1. The number of nitrogens with one attached hydrogen (secondary N) is 2. The van der Waals surface area contributed by atoms with Crippen LogP contribution >= 0.6 is 0 Å². The van der Waals surface area contributed by atoms with Gasteiger partial charge in [0.25, 0.3) is 0 Å². The minimum absolute atomic E-state index is 0.0986. The van der Waals surface area contributed by atoms with Crippen LogP contribution in [0.3, 0.4) is 0 Å². The van der Waals surface area contributed by atoms with Crippen LogP contribution in [0.15, 0.2) is 24.3 Å². The summed E-state index contributed by atoms with van der Waals surface area (Å²) in [6, 6.07) is 8.50. The van der Waals surface area contributed by atoms with Crippen molar-refractivity contribution in [3.63, 3.8) is 0 Å². The second-order valence-corrected chi connectivity index (χ2v) is 6.88. The minimum Gasteiger partial charge on any atom is -0.396 e. The predicted octanol–water partition coefficient (Wildman–Crippen LogP) is 2.49. The Bertz CT molecular complexity index is 513. The summed E-state index contributed by atoms with van der Waals surface area (Å²) in [6.07, 6.45) is 3.90. The monoisotopic (exact) mass is 333 g/mol. The average Bonchev–Trinajstić information content (AvgIpc) is 2.61. The molecule has 0 aliphatic heterocycles. The molecule has 1 aromatic carbocycles. The molecule has 134 valence electrons. The van der Waals surface area contributed by atoms with E-state index in [1.165, 1.54) is 5.56 Å². The summed E-state index contributed by atoms with van der Waals surface area (Å²) in [7, 11) is 2.10. The molecule has 0 radical (unpaired) electrons. The quantitative estimate of drug-likeness (QED) is 0.718. The third kappa shape index (κ3) is 6.13. The molecule has 0 saturated heterocycles. The third-order valence-electron chi connectivity index (χ3n) is 4.88. The lowest BCUT2D eigenvalue weighted by Gasteiger charge is -2.28. The molecule has 3 N–H and O–H groups in total. The smallest absolute Gasteiger partial charge is 0.315 e. The van der Waals surface area contributed by atoms with Crippen LogP contribution in [0, 0.1) is 5.92 Å². The molecule has 0 aromatic heterocycles. The maximum Gasteiger partial charge on any atom is 0.315 e. The van der Waals surface area contributed by atoms with Crippen molar-refractivity contribution in [2.75, 3.05) is 20.2 Å². The van der Waals surface area contributed by atoms with E-state index in [0.717, 1.165) is 44.3 Å². The lowest BCUT2D eigenvalue weighted by molar-refractivity contribution is 0.174. The van der Waals surface area contributed by atoms with E-state index in [1.807, 2.05) is 12.1 Å². The fourth-order valence-electron chi connectivity index (χ4n) is 3.17. The summed E-state index contributed by atoms with van der Waals surface area (Å²) in [4.78, 5) is 14.3. The first-order valence-electron chi connectivity index (χ1n) is 9.02. The van der Waals surface area contributed by atoms with E-state index in [9.17, 15) is 4.79 Å². The van der Waals surface area contributed by atoms with Gasteiger partial charge in [-0.3, -0.25) is 0 Å². The summed E-state index contributed by atoms with van der Waals surface area (Å²) in [5, 5.41) is 15.2. The van der Waals surface area contributed by atoms with Crippen LogP contribution in [-0.4, -0.2) is 42.3 Å². The van der Waals surface area contributed by atoms with Crippen molar-refractivity contribution >= 4 is 6.03 Å². The van der Waals surface area contributed by atoms with E-state index >= 15 is 0 Å². The Morgan fingerprint density at radius 3 is 2.62 bits per heavy atom. The van der Waals surface area contributed by atoms with E-state index in [1.54, 1.807) is 0 Å².